The lowest BCUT2D eigenvalue weighted by Crippen LogP contribution is -2.57. The Bertz CT molecular complexity index is 441. The molecule has 1 aromatic rings. The fraction of sp³-hybridized carbons (Fsp3) is 0.625. The molecule has 2 rings (SSSR count). The van der Waals surface area contributed by atoms with Crippen molar-refractivity contribution in [3.63, 3.8) is 0 Å². The van der Waals surface area contributed by atoms with Crippen molar-refractivity contribution < 1.29 is 13.9 Å². The number of methoxy groups -OCH3 is 2. The van der Waals surface area contributed by atoms with Crippen LogP contribution in [0.4, 0.5) is 4.39 Å². The van der Waals surface area contributed by atoms with Gasteiger partial charge in [0.1, 0.15) is 0 Å². The molecule has 0 spiro atoms. The molecular weight excluding hydrogens is 257 g/mol. The van der Waals surface area contributed by atoms with Crippen molar-refractivity contribution in [1.29, 1.82) is 0 Å². The van der Waals surface area contributed by atoms with Crippen LogP contribution in [0.1, 0.15) is 31.7 Å². The van der Waals surface area contributed by atoms with E-state index in [9.17, 15) is 4.39 Å². The van der Waals surface area contributed by atoms with Gasteiger partial charge in [-0.15, -0.1) is 0 Å². The van der Waals surface area contributed by atoms with Crippen LogP contribution in [0.25, 0.3) is 0 Å². The fourth-order valence-electron chi connectivity index (χ4n) is 2.98. The summed E-state index contributed by atoms with van der Waals surface area (Å²) >= 11 is 0. The zero-order valence-electron chi connectivity index (χ0n) is 12.5. The average molecular weight is 281 g/mol. The van der Waals surface area contributed by atoms with Gasteiger partial charge in [-0.3, -0.25) is 0 Å². The third kappa shape index (κ3) is 2.96. The van der Waals surface area contributed by atoms with Crippen LogP contribution in [-0.4, -0.2) is 32.4 Å². The van der Waals surface area contributed by atoms with Crippen molar-refractivity contribution in [2.75, 3.05) is 20.8 Å². The van der Waals surface area contributed by atoms with E-state index in [0.717, 1.165) is 31.4 Å². The quantitative estimate of drug-likeness (QED) is 0.833. The normalized spacial score (nSPS) is 18.4. The van der Waals surface area contributed by atoms with Crippen LogP contribution in [0, 0.1) is 5.82 Å². The number of likely N-dealkylation sites (N-methyl/N-ethyl adjacent to an activating group) is 1. The van der Waals surface area contributed by atoms with Crippen LogP contribution in [0.5, 0.6) is 5.75 Å². The Morgan fingerprint density at radius 2 is 2.10 bits per heavy atom. The Kier molecular flexibility index (Phi) is 5.00. The number of ether oxygens (including phenoxy) is 2. The predicted octanol–water partition coefficient (Wildman–Crippen LogP) is 2.92. The summed E-state index contributed by atoms with van der Waals surface area (Å²) in [6, 6.07) is 5.40. The van der Waals surface area contributed by atoms with Gasteiger partial charge in [-0.05, 0) is 49.9 Å². The van der Waals surface area contributed by atoms with Gasteiger partial charge in [0.25, 0.3) is 0 Å². The Morgan fingerprint density at radius 1 is 1.35 bits per heavy atom. The first kappa shape index (κ1) is 15.3. The number of nitrogens with one attached hydrogen (secondary N) is 1. The van der Waals surface area contributed by atoms with Crippen LogP contribution >= 0.6 is 0 Å². The maximum atomic E-state index is 13.8. The molecule has 1 saturated carbocycles. The van der Waals surface area contributed by atoms with Crippen LogP contribution in [-0.2, 0) is 11.2 Å². The zero-order chi connectivity index (χ0) is 14.6. The van der Waals surface area contributed by atoms with Gasteiger partial charge in [-0.25, -0.2) is 4.39 Å². The maximum Gasteiger partial charge on any atom is 0.165 e. The Balaban J connectivity index is 2.13. The second kappa shape index (κ2) is 6.55. The summed E-state index contributed by atoms with van der Waals surface area (Å²) in [5.41, 5.74) is 0.879. The molecule has 1 fully saturated rings. The molecule has 0 radical (unpaired) electrons. The van der Waals surface area contributed by atoms with Gasteiger partial charge in [0.2, 0.25) is 0 Å². The van der Waals surface area contributed by atoms with Crippen molar-refractivity contribution >= 4 is 0 Å². The third-order valence-corrected chi connectivity index (χ3v) is 4.35. The first-order valence-electron chi connectivity index (χ1n) is 7.26. The summed E-state index contributed by atoms with van der Waals surface area (Å²) in [7, 11) is 3.26. The Hall–Kier alpha value is -1.13. The van der Waals surface area contributed by atoms with E-state index in [4.69, 9.17) is 9.47 Å². The van der Waals surface area contributed by atoms with Gasteiger partial charge >= 0.3 is 0 Å². The molecule has 0 saturated heterocycles. The van der Waals surface area contributed by atoms with Crippen molar-refractivity contribution in [1.82, 2.24) is 5.32 Å². The number of hydrogen-bond donors (Lipinski definition) is 1. The monoisotopic (exact) mass is 281 g/mol. The molecule has 0 amide bonds. The summed E-state index contributed by atoms with van der Waals surface area (Å²) in [5.74, 6) is -0.0147. The van der Waals surface area contributed by atoms with E-state index in [0.29, 0.717) is 5.75 Å². The van der Waals surface area contributed by atoms with Crippen molar-refractivity contribution in [2.24, 2.45) is 0 Å². The molecule has 1 atom stereocenters. The molecule has 1 unspecified atom stereocenters. The van der Waals surface area contributed by atoms with E-state index >= 15 is 0 Å². The minimum atomic E-state index is -0.305. The molecule has 1 aromatic carbocycles. The topological polar surface area (TPSA) is 30.5 Å². The molecule has 4 heteroatoms. The van der Waals surface area contributed by atoms with Crippen LogP contribution < -0.4 is 10.1 Å². The second-order valence-electron chi connectivity index (χ2n) is 5.41. The highest BCUT2D eigenvalue weighted by Crippen LogP contribution is 2.39. The molecule has 0 aliphatic heterocycles. The molecule has 20 heavy (non-hydrogen) atoms. The highest BCUT2D eigenvalue weighted by atomic mass is 19.1. The van der Waals surface area contributed by atoms with Gasteiger partial charge in [0, 0.05) is 13.2 Å². The molecule has 112 valence electrons. The fourth-order valence-corrected chi connectivity index (χ4v) is 2.98. The standard InChI is InChI=1S/C16H24FNO2/c1-4-18-15(16(20-3)8-5-9-16)11-12-6-7-14(19-2)13(17)10-12/h6-7,10,15,18H,4-5,8-9,11H2,1-3H3. The summed E-state index contributed by atoms with van der Waals surface area (Å²) in [5, 5.41) is 3.49. The van der Waals surface area contributed by atoms with Crippen LogP contribution in [0.2, 0.25) is 0 Å². The molecule has 1 N–H and O–H groups in total. The third-order valence-electron chi connectivity index (χ3n) is 4.35. The number of rotatable bonds is 7. The SMILES string of the molecule is CCNC(Cc1ccc(OC)c(F)c1)C1(OC)CCC1. The van der Waals surface area contributed by atoms with E-state index in [1.165, 1.54) is 13.5 Å². The molecule has 0 bridgehead atoms. The summed E-state index contributed by atoms with van der Waals surface area (Å²) < 4.78 is 24.5. The van der Waals surface area contributed by atoms with E-state index in [2.05, 4.69) is 12.2 Å². The summed E-state index contributed by atoms with van der Waals surface area (Å²) in [6.45, 7) is 2.97. The van der Waals surface area contributed by atoms with Gasteiger partial charge in [0.05, 0.1) is 12.7 Å². The van der Waals surface area contributed by atoms with E-state index in [-0.39, 0.29) is 17.5 Å². The lowest BCUT2D eigenvalue weighted by Gasteiger charge is -2.47. The lowest BCUT2D eigenvalue weighted by molar-refractivity contribution is -0.0978. The number of benzene rings is 1. The van der Waals surface area contributed by atoms with Gasteiger partial charge in [-0.2, -0.15) is 0 Å². The molecule has 1 aliphatic carbocycles. The minimum absolute atomic E-state index is 0.0909. The van der Waals surface area contributed by atoms with Crippen molar-refractivity contribution in [2.45, 2.75) is 44.2 Å². The molecular formula is C16H24FNO2. The molecule has 0 aromatic heterocycles. The van der Waals surface area contributed by atoms with Gasteiger partial charge in [0.15, 0.2) is 11.6 Å². The zero-order valence-corrected chi connectivity index (χ0v) is 12.5. The molecule has 0 heterocycles. The Morgan fingerprint density at radius 3 is 2.55 bits per heavy atom. The maximum absolute atomic E-state index is 13.8. The highest BCUT2D eigenvalue weighted by molar-refractivity contribution is 5.30. The van der Waals surface area contributed by atoms with Gasteiger partial charge < -0.3 is 14.8 Å². The summed E-state index contributed by atoms with van der Waals surface area (Å²) in [4.78, 5) is 0. The average Bonchev–Trinajstić information content (AvgIpc) is 2.38. The Labute approximate surface area is 120 Å². The number of halogens is 1. The van der Waals surface area contributed by atoms with E-state index < -0.39 is 0 Å². The lowest BCUT2D eigenvalue weighted by atomic mass is 9.72. The first-order valence-corrected chi connectivity index (χ1v) is 7.26. The molecule has 1 aliphatic rings. The first-order chi connectivity index (χ1) is 9.65. The van der Waals surface area contributed by atoms with Crippen molar-refractivity contribution in [3.05, 3.63) is 29.6 Å². The van der Waals surface area contributed by atoms with E-state index in [1.54, 1.807) is 19.2 Å². The predicted molar refractivity (Wildman–Crippen MR) is 77.7 cm³/mol. The van der Waals surface area contributed by atoms with Crippen LogP contribution in [0.3, 0.4) is 0 Å². The second-order valence-corrected chi connectivity index (χ2v) is 5.41. The number of hydrogen-bond acceptors (Lipinski definition) is 3. The smallest absolute Gasteiger partial charge is 0.165 e. The minimum Gasteiger partial charge on any atom is -0.494 e. The highest BCUT2D eigenvalue weighted by Gasteiger charge is 2.43. The largest absolute Gasteiger partial charge is 0.494 e. The van der Waals surface area contributed by atoms with Crippen LogP contribution in [0.15, 0.2) is 18.2 Å². The van der Waals surface area contributed by atoms with E-state index in [1.807, 2.05) is 6.07 Å². The molecule has 3 nitrogen and oxygen atoms in total. The van der Waals surface area contributed by atoms with Crippen molar-refractivity contribution in [3.8, 4) is 5.75 Å². The van der Waals surface area contributed by atoms with Gasteiger partial charge in [-0.1, -0.05) is 13.0 Å². The summed E-state index contributed by atoms with van der Waals surface area (Å²) in [6.07, 6.45) is 4.11.